The van der Waals surface area contributed by atoms with Gasteiger partial charge in [0.05, 0.1) is 6.61 Å². The van der Waals surface area contributed by atoms with Gasteiger partial charge in [0.2, 0.25) is 0 Å². The van der Waals surface area contributed by atoms with Crippen molar-refractivity contribution in [3.05, 3.63) is 35.4 Å². The van der Waals surface area contributed by atoms with Crippen molar-refractivity contribution in [2.45, 2.75) is 31.3 Å². The first-order chi connectivity index (χ1) is 7.32. The van der Waals surface area contributed by atoms with Gasteiger partial charge in [-0.1, -0.05) is 30.7 Å². The van der Waals surface area contributed by atoms with E-state index < -0.39 is 0 Å². The Morgan fingerprint density at radius 1 is 1.33 bits per heavy atom. The maximum atomic E-state index is 5.93. The molecular formula is C13H19NO. The summed E-state index contributed by atoms with van der Waals surface area (Å²) >= 11 is 0. The third-order valence-corrected chi connectivity index (χ3v) is 3.59. The lowest BCUT2D eigenvalue weighted by atomic mass is 9.63. The van der Waals surface area contributed by atoms with Crippen LogP contribution in [0.1, 0.15) is 30.4 Å². The van der Waals surface area contributed by atoms with E-state index in [1.54, 1.807) is 7.11 Å². The lowest BCUT2D eigenvalue weighted by Gasteiger charge is -2.42. The fourth-order valence-electron chi connectivity index (χ4n) is 2.51. The Bertz CT molecular complexity index is 326. The van der Waals surface area contributed by atoms with Crippen molar-refractivity contribution in [1.82, 2.24) is 0 Å². The maximum absolute atomic E-state index is 5.93. The van der Waals surface area contributed by atoms with Gasteiger partial charge in [-0.25, -0.2) is 0 Å². The van der Waals surface area contributed by atoms with Gasteiger partial charge in [-0.3, -0.25) is 0 Å². The minimum absolute atomic E-state index is 0.245. The van der Waals surface area contributed by atoms with Crippen LogP contribution >= 0.6 is 0 Å². The molecule has 0 spiro atoms. The fourth-order valence-corrected chi connectivity index (χ4v) is 2.51. The van der Waals surface area contributed by atoms with E-state index in [2.05, 4.69) is 24.3 Å². The first-order valence-corrected chi connectivity index (χ1v) is 5.60. The SMILES string of the molecule is COCc1ccccc1C1(CN)CCC1. The molecule has 0 atom stereocenters. The van der Waals surface area contributed by atoms with Crippen LogP contribution in [0.25, 0.3) is 0 Å². The van der Waals surface area contributed by atoms with Crippen molar-refractivity contribution in [2.75, 3.05) is 13.7 Å². The Kier molecular flexibility index (Phi) is 3.08. The summed E-state index contributed by atoms with van der Waals surface area (Å²) in [6.45, 7) is 1.45. The molecule has 1 fully saturated rings. The predicted octanol–water partition coefficient (Wildman–Crippen LogP) is 2.21. The third-order valence-electron chi connectivity index (χ3n) is 3.59. The van der Waals surface area contributed by atoms with Crippen LogP contribution in [0.15, 0.2) is 24.3 Å². The van der Waals surface area contributed by atoms with E-state index in [1.165, 1.54) is 30.4 Å². The van der Waals surface area contributed by atoms with Crippen LogP contribution in [0.2, 0.25) is 0 Å². The van der Waals surface area contributed by atoms with E-state index in [-0.39, 0.29) is 5.41 Å². The van der Waals surface area contributed by atoms with E-state index >= 15 is 0 Å². The molecule has 0 aliphatic heterocycles. The number of nitrogens with two attached hydrogens (primary N) is 1. The van der Waals surface area contributed by atoms with Crippen LogP contribution in [0.4, 0.5) is 0 Å². The van der Waals surface area contributed by atoms with Crippen LogP contribution < -0.4 is 5.73 Å². The smallest absolute Gasteiger partial charge is 0.0715 e. The molecule has 1 aliphatic rings. The molecule has 0 saturated heterocycles. The van der Waals surface area contributed by atoms with Crippen LogP contribution in [0, 0.1) is 0 Å². The van der Waals surface area contributed by atoms with Crippen LogP contribution in [-0.2, 0) is 16.8 Å². The zero-order valence-corrected chi connectivity index (χ0v) is 9.33. The zero-order chi connectivity index (χ0) is 10.7. The van der Waals surface area contributed by atoms with Gasteiger partial charge in [0.15, 0.2) is 0 Å². The average Bonchev–Trinajstić information content (AvgIpc) is 2.20. The quantitative estimate of drug-likeness (QED) is 0.818. The van der Waals surface area contributed by atoms with Crippen molar-refractivity contribution in [3.8, 4) is 0 Å². The molecule has 2 heteroatoms. The molecular weight excluding hydrogens is 186 g/mol. The number of rotatable bonds is 4. The summed E-state index contributed by atoms with van der Waals surface area (Å²) in [6.07, 6.45) is 3.76. The monoisotopic (exact) mass is 205 g/mol. The molecule has 1 aromatic rings. The largest absolute Gasteiger partial charge is 0.380 e. The first-order valence-electron chi connectivity index (χ1n) is 5.60. The average molecular weight is 205 g/mol. The molecule has 82 valence electrons. The number of benzene rings is 1. The lowest BCUT2D eigenvalue weighted by Crippen LogP contribution is -2.42. The number of ether oxygens (including phenoxy) is 1. The third kappa shape index (κ3) is 1.80. The predicted molar refractivity (Wildman–Crippen MR) is 61.7 cm³/mol. The van der Waals surface area contributed by atoms with Crippen LogP contribution in [0.5, 0.6) is 0 Å². The Balaban J connectivity index is 2.33. The molecule has 15 heavy (non-hydrogen) atoms. The van der Waals surface area contributed by atoms with Gasteiger partial charge in [-0.15, -0.1) is 0 Å². The molecule has 1 aliphatic carbocycles. The molecule has 2 rings (SSSR count). The van der Waals surface area contributed by atoms with Gasteiger partial charge < -0.3 is 10.5 Å². The fraction of sp³-hybridized carbons (Fsp3) is 0.538. The highest BCUT2D eigenvalue weighted by atomic mass is 16.5. The van der Waals surface area contributed by atoms with Crippen molar-refractivity contribution in [1.29, 1.82) is 0 Å². The molecule has 0 heterocycles. The summed E-state index contributed by atoms with van der Waals surface area (Å²) in [6, 6.07) is 8.53. The second kappa shape index (κ2) is 4.33. The van der Waals surface area contributed by atoms with E-state index in [0.717, 1.165) is 6.54 Å². The Labute approximate surface area is 91.4 Å². The molecule has 0 bridgehead atoms. The van der Waals surface area contributed by atoms with E-state index in [9.17, 15) is 0 Å². The highest BCUT2D eigenvalue weighted by Crippen LogP contribution is 2.44. The van der Waals surface area contributed by atoms with Gasteiger partial charge in [0.25, 0.3) is 0 Å². The standard InChI is InChI=1S/C13H19NO/c1-15-9-11-5-2-3-6-12(11)13(10-14)7-4-8-13/h2-3,5-6H,4,7-10,14H2,1H3. The summed E-state index contributed by atoms with van der Waals surface area (Å²) in [5.74, 6) is 0. The highest BCUT2D eigenvalue weighted by Gasteiger charge is 2.38. The second-order valence-electron chi connectivity index (χ2n) is 4.43. The van der Waals surface area contributed by atoms with Crippen molar-refractivity contribution >= 4 is 0 Å². The summed E-state index contributed by atoms with van der Waals surface area (Å²) in [5, 5.41) is 0. The van der Waals surface area contributed by atoms with Gasteiger partial charge in [-0.05, 0) is 24.0 Å². The van der Waals surface area contributed by atoms with Crippen molar-refractivity contribution in [2.24, 2.45) is 5.73 Å². The molecule has 0 aromatic heterocycles. The number of hydrogen-bond acceptors (Lipinski definition) is 2. The van der Waals surface area contributed by atoms with Crippen LogP contribution in [0.3, 0.4) is 0 Å². The van der Waals surface area contributed by atoms with Gasteiger partial charge in [-0.2, -0.15) is 0 Å². The van der Waals surface area contributed by atoms with Crippen molar-refractivity contribution in [3.63, 3.8) is 0 Å². The lowest BCUT2D eigenvalue weighted by molar-refractivity contribution is 0.178. The molecule has 0 unspecified atom stereocenters. The normalized spacial score (nSPS) is 18.5. The molecule has 2 N–H and O–H groups in total. The second-order valence-corrected chi connectivity index (χ2v) is 4.43. The Morgan fingerprint density at radius 3 is 2.60 bits per heavy atom. The Morgan fingerprint density at radius 2 is 2.07 bits per heavy atom. The van der Waals surface area contributed by atoms with Gasteiger partial charge in [0, 0.05) is 19.1 Å². The summed E-state index contributed by atoms with van der Waals surface area (Å²) in [5.41, 5.74) is 8.87. The summed E-state index contributed by atoms with van der Waals surface area (Å²) in [7, 11) is 1.74. The summed E-state index contributed by atoms with van der Waals surface area (Å²) < 4.78 is 5.24. The summed E-state index contributed by atoms with van der Waals surface area (Å²) in [4.78, 5) is 0. The van der Waals surface area contributed by atoms with Crippen LogP contribution in [-0.4, -0.2) is 13.7 Å². The van der Waals surface area contributed by atoms with E-state index in [4.69, 9.17) is 10.5 Å². The minimum Gasteiger partial charge on any atom is -0.380 e. The molecule has 1 aromatic carbocycles. The van der Waals surface area contributed by atoms with Crippen molar-refractivity contribution < 1.29 is 4.74 Å². The maximum Gasteiger partial charge on any atom is 0.0715 e. The van der Waals surface area contributed by atoms with E-state index in [1.807, 2.05) is 0 Å². The highest BCUT2D eigenvalue weighted by molar-refractivity contribution is 5.36. The molecule has 2 nitrogen and oxygen atoms in total. The topological polar surface area (TPSA) is 35.2 Å². The number of methoxy groups -OCH3 is 1. The Hall–Kier alpha value is -0.860. The molecule has 0 radical (unpaired) electrons. The molecule has 1 saturated carbocycles. The first kappa shape index (κ1) is 10.7. The van der Waals surface area contributed by atoms with E-state index in [0.29, 0.717) is 6.61 Å². The van der Waals surface area contributed by atoms with Gasteiger partial charge in [0.1, 0.15) is 0 Å². The van der Waals surface area contributed by atoms with Gasteiger partial charge >= 0.3 is 0 Å². The zero-order valence-electron chi connectivity index (χ0n) is 9.33. The number of hydrogen-bond donors (Lipinski definition) is 1. The molecule has 0 amide bonds. The minimum atomic E-state index is 0.245.